The van der Waals surface area contributed by atoms with Gasteiger partial charge in [-0.3, -0.25) is 14.9 Å². The Labute approximate surface area is 152 Å². The Morgan fingerprint density at radius 1 is 1.35 bits per heavy atom. The predicted molar refractivity (Wildman–Crippen MR) is 97.3 cm³/mol. The predicted octanol–water partition coefficient (Wildman–Crippen LogP) is 2.66. The highest BCUT2D eigenvalue weighted by molar-refractivity contribution is 5.93. The van der Waals surface area contributed by atoms with Crippen LogP contribution in [0.25, 0.3) is 0 Å². The monoisotopic (exact) mass is 363 g/mol. The molecule has 0 aliphatic carbocycles. The molecule has 1 aromatic carbocycles. The van der Waals surface area contributed by atoms with Crippen LogP contribution in [0, 0.1) is 10.1 Å². The first kappa shape index (κ1) is 19.7. The van der Waals surface area contributed by atoms with E-state index in [1.165, 1.54) is 12.1 Å². The summed E-state index contributed by atoms with van der Waals surface area (Å²) < 4.78 is 4.98. The van der Waals surface area contributed by atoms with Gasteiger partial charge in [-0.1, -0.05) is 13.3 Å². The molecule has 1 aliphatic rings. The van der Waals surface area contributed by atoms with E-state index in [9.17, 15) is 19.7 Å². The fraction of sp³-hybridized carbons (Fsp3) is 0.556. The van der Waals surface area contributed by atoms with Crippen LogP contribution in [-0.2, 0) is 9.53 Å². The van der Waals surface area contributed by atoms with Crippen LogP contribution in [0.4, 0.5) is 11.4 Å². The Morgan fingerprint density at radius 2 is 2.04 bits per heavy atom. The van der Waals surface area contributed by atoms with Crippen LogP contribution in [0.1, 0.15) is 49.9 Å². The van der Waals surface area contributed by atoms with E-state index in [0.717, 1.165) is 38.8 Å². The van der Waals surface area contributed by atoms with E-state index in [2.05, 4.69) is 5.32 Å². The minimum absolute atomic E-state index is 0.00651. The third-order valence-electron chi connectivity index (χ3n) is 4.32. The minimum Gasteiger partial charge on any atom is -0.452 e. The average Bonchev–Trinajstić information content (AvgIpc) is 3.13. The van der Waals surface area contributed by atoms with Gasteiger partial charge in [0.1, 0.15) is 5.69 Å². The number of esters is 1. The number of rotatable bonds is 8. The van der Waals surface area contributed by atoms with Crippen molar-refractivity contribution >= 4 is 23.3 Å². The van der Waals surface area contributed by atoms with Crippen LogP contribution >= 0.6 is 0 Å². The number of anilines is 1. The molecule has 0 spiro atoms. The molecule has 1 aliphatic heterocycles. The Balaban J connectivity index is 2.01. The second-order valence-corrected chi connectivity index (χ2v) is 6.49. The lowest BCUT2D eigenvalue weighted by molar-refractivity contribution is -0.384. The zero-order valence-electron chi connectivity index (χ0n) is 15.2. The van der Waals surface area contributed by atoms with Crippen molar-refractivity contribution in [2.75, 3.05) is 24.6 Å². The third kappa shape index (κ3) is 5.18. The van der Waals surface area contributed by atoms with E-state index >= 15 is 0 Å². The number of nitro benzene ring substituents is 1. The Morgan fingerprint density at radius 3 is 2.65 bits per heavy atom. The molecule has 0 bridgehead atoms. The summed E-state index contributed by atoms with van der Waals surface area (Å²) in [6.45, 7) is 5.01. The molecule has 1 saturated heterocycles. The van der Waals surface area contributed by atoms with Gasteiger partial charge in [0.2, 0.25) is 0 Å². The number of ether oxygens (including phenoxy) is 1. The zero-order chi connectivity index (χ0) is 19.1. The molecule has 1 fully saturated rings. The van der Waals surface area contributed by atoms with Crippen molar-refractivity contribution in [3.8, 4) is 0 Å². The van der Waals surface area contributed by atoms with E-state index in [-0.39, 0.29) is 23.2 Å². The number of nitrogens with one attached hydrogen (secondary N) is 1. The molecular weight excluding hydrogens is 338 g/mol. The smallest absolute Gasteiger partial charge is 0.338 e. The van der Waals surface area contributed by atoms with Crippen LogP contribution in [0.2, 0.25) is 0 Å². The fourth-order valence-corrected chi connectivity index (χ4v) is 3.06. The van der Waals surface area contributed by atoms with E-state index in [4.69, 9.17) is 4.74 Å². The fourth-order valence-electron chi connectivity index (χ4n) is 3.06. The van der Waals surface area contributed by atoms with Gasteiger partial charge in [0.25, 0.3) is 11.6 Å². The number of amides is 1. The standard InChI is InChI=1S/C18H25N3O5/c1-3-6-13(2)19-17(22)12-26-18(23)14-7-8-15(16(11-14)21(24)25)20-9-4-5-10-20/h7-8,11,13H,3-6,9-10,12H2,1-2H3,(H,19,22)/t13-/m1/s1. The van der Waals surface area contributed by atoms with Gasteiger partial charge in [0.15, 0.2) is 6.61 Å². The van der Waals surface area contributed by atoms with Crippen molar-refractivity contribution in [1.29, 1.82) is 0 Å². The van der Waals surface area contributed by atoms with Crippen molar-refractivity contribution in [2.45, 2.75) is 45.6 Å². The molecule has 1 amide bonds. The van der Waals surface area contributed by atoms with E-state index in [1.807, 2.05) is 18.7 Å². The Bertz CT molecular complexity index is 671. The summed E-state index contributed by atoms with van der Waals surface area (Å²) in [5, 5.41) is 14.1. The third-order valence-corrected chi connectivity index (χ3v) is 4.32. The first-order valence-electron chi connectivity index (χ1n) is 8.92. The molecule has 1 N–H and O–H groups in total. The maximum Gasteiger partial charge on any atom is 0.338 e. The first-order chi connectivity index (χ1) is 12.4. The molecule has 26 heavy (non-hydrogen) atoms. The van der Waals surface area contributed by atoms with Crippen LogP contribution in [0.3, 0.4) is 0 Å². The maximum atomic E-state index is 12.1. The van der Waals surface area contributed by atoms with Crippen LogP contribution in [0.5, 0.6) is 0 Å². The highest BCUT2D eigenvalue weighted by Gasteiger charge is 2.24. The summed E-state index contributed by atoms with van der Waals surface area (Å²) in [7, 11) is 0. The van der Waals surface area contributed by atoms with Gasteiger partial charge >= 0.3 is 5.97 Å². The van der Waals surface area contributed by atoms with Crippen molar-refractivity contribution < 1.29 is 19.2 Å². The normalized spacial score (nSPS) is 14.8. The number of carbonyl (C=O) groups excluding carboxylic acids is 2. The lowest BCUT2D eigenvalue weighted by Gasteiger charge is -2.17. The summed E-state index contributed by atoms with van der Waals surface area (Å²) in [6, 6.07) is 4.30. The number of carbonyl (C=O) groups is 2. The number of nitro groups is 1. The summed E-state index contributed by atoms with van der Waals surface area (Å²) in [5.41, 5.74) is 0.451. The second kappa shape index (κ2) is 9.17. The average molecular weight is 363 g/mol. The summed E-state index contributed by atoms with van der Waals surface area (Å²) in [4.78, 5) is 36.7. The summed E-state index contributed by atoms with van der Waals surface area (Å²) >= 11 is 0. The molecule has 0 radical (unpaired) electrons. The Hall–Kier alpha value is -2.64. The van der Waals surface area contributed by atoms with Crippen molar-refractivity contribution in [1.82, 2.24) is 5.32 Å². The van der Waals surface area contributed by atoms with Gasteiger partial charge in [0.05, 0.1) is 10.5 Å². The zero-order valence-corrected chi connectivity index (χ0v) is 15.2. The number of hydrogen-bond acceptors (Lipinski definition) is 6. The second-order valence-electron chi connectivity index (χ2n) is 6.49. The largest absolute Gasteiger partial charge is 0.452 e. The SMILES string of the molecule is CCC[C@@H](C)NC(=O)COC(=O)c1ccc(N2CCCC2)c([N+](=O)[O-])c1. The van der Waals surface area contributed by atoms with E-state index < -0.39 is 17.5 Å². The highest BCUT2D eigenvalue weighted by atomic mass is 16.6. The molecule has 0 unspecified atom stereocenters. The van der Waals surface area contributed by atoms with Crippen LogP contribution in [-0.4, -0.2) is 42.5 Å². The maximum absolute atomic E-state index is 12.1. The molecule has 8 nitrogen and oxygen atoms in total. The van der Waals surface area contributed by atoms with Gasteiger partial charge in [-0.25, -0.2) is 4.79 Å². The highest BCUT2D eigenvalue weighted by Crippen LogP contribution is 2.31. The molecule has 8 heteroatoms. The molecule has 2 rings (SSSR count). The molecule has 1 aromatic rings. The van der Waals surface area contributed by atoms with Gasteiger partial charge in [-0.05, 0) is 38.3 Å². The van der Waals surface area contributed by atoms with Gasteiger partial charge in [-0.2, -0.15) is 0 Å². The quantitative estimate of drug-likeness (QED) is 0.433. The van der Waals surface area contributed by atoms with Crippen molar-refractivity contribution in [3.05, 3.63) is 33.9 Å². The van der Waals surface area contributed by atoms with Crippen molar-refractivity contribution in [3.63, 3.8) is 0 Å². The van der Waals surface area contributed by atoms with Gasteiger partial charge in [-0.15, -0.1) is 0 Å². The molecule has 0 saturated carbocycles. The summed E-state index contributed by atoms with van der Waals surface area (Å²) in [6.07, 6.45) is 3.76. The molecule has 1 heterocycles. The van der Waals surface area contributed by atoms with E-state index in [1.54, 1.807) is 6.07 Å². The number of nitrogens with zero attached hydrogens (tertiary/aromatic N) is 2. The summed E-state index contributed by atoms with van der Waals surface area (Å²) in [5.74, 6) is -1.14. The number of benzene rings is 1. The van der Waals surface area contributed by atoms with E-state index in [0.29, 0.717) is 5.69 Å². The van der Waals surface area contributed by atoms with Crippen LogP contribution in [0.15, 0.2) is 18.2 Å². The molecule has 0 aromatic heterocycles. The molecule has 1 atom stereocenters. The van der Waals surface area contributed by atoms with Crippen molar-refractivity contribution in [2.24, 2.45) is 0 Å². The van der Waals surface area contributed by atoms with Crippen LogP contribution < -0.4 is 10.2 Å². The molecular formula is C18H25N3O5. The Kier molecular flexibility index (Phi) is 6.94. The minimum atomic E-state index is -0.751. The topological polar surface area (TPSA) is 102 Å². The lowest BCUT2D eigenvalue weighted by atomic mass is 10.1. The van der Waals surface area contributed by atoms with Gasteiger partial charge in [0, 0.05) is 25.2 Å². The number of hydrogen-bond donors (Lipinski definition) is 1. The van der Waals surface area contributed by atoms with Gasteiger partial charge < -0.3 is 15.0 Å². The lowest BCUT2D eigenvalue weighted by Crippen LogP contribution is -2.35. The first-order valence-corrected chi connectivity index (χ1v) is 8.92. The molecule has 142 valence electrons.